The maximum Gasteiger partial charge on any atom is 0.321 e. The number of nitro benzene ring substituents is 1. The number of ketones is 1. The largest absolute Gasteiger partial charge is 0.321 e. The Kier molecular flexibility index (Phi) is 7.33. The minimum atomic E-state index is -1.37. The number of hydrogen-bond donors (Lipinski definition) is 2. The van der Waals surface area contributed by atoms with Crippen LogP contribution < -0.4 is 15.5 Å². The van der Waals surface area contributed by atoms with Crippen LogP contribution in [0.3, 0.4) is 0 Å². The Bertz CT molecular complexity index is 1430. The number of benzene rings is 3. The molecule has 0 spiro atoms. The van der Waals surface area contributed by atoms with Crippen molar-refractivity contribution < 1.29 is 19.3 Å². The normalized spacial score (nSPS) is 15.1. The van der Waals surface area contributed by atoms with E-state index in [9.17, 15) is 24.5 Å². The maximum atomic E-state index is 13.8. The van der Waals surface area contributed by atoms with Crippen LogP contribution in [-0.2, 0) is 9.59 Å². The number of carbonyl (C=O) groups excluding carboxylic acids is 3. The number of benzodiazepines with no additional fused rings is 1. The van der Waals surface area contributed by atoms with Gasteiger partial charge in [-0.25, -0.2) is 9.79 Å². The molecule has 10 heteroatoms. The van der Waals surface area contributed by atoms with E-state index in [2.05, 4.69) is 15.6 Å². The number of nitrogens with one attached hydrogen (secondary N) is 2. The van der Waals surface area contributed by atoms with E-state index in [1.54, 1.807) is 32.9 Å². The van der Waals surface area contributed by atoms with E-state index in [-0.39, 0.29) is 23.7 Å². The molecule has 10 nitrogen and oxygen atoms in total. The number of fused-ring (bicyclic) bond motifs is 1. The number of amides is 3. The Balaban J connectivity index is 1.74. The molecule has 0 saturated carbocycles. The lowest BCUT2D eigenvalue weighted by molar-refractivity contribution is -0.384. The van der Waals surface area contributed by atoms with E-state index in [4.69, 9.17) is 0 Å². The lowest BCUT2D eigenvalue weighted by Gasteiger charge is -2.28. The predicted octanol–water partition coefficient (Wildman–Crippen LogP) is 4.54. The molecule has 1 atom stereocenters. The molecule has 194 valence electrons. The number of nitro groups is 1. The average Bonchev–Trinajstić information content (AvgIpc) is 2.99. The Morgan fingerprint density at radius 2 is 1.68 bits per heavy atom. The summed E-state index contributed by atoms with van der Waals surface area (Å²) >= 11 is 0. The molecule has 3 amide bonds. The number of carbonyl (C=O) groups is 3. The van der Waals surface area contributed by atoms with Gasteiger partial charge in [-0.2, -0.15) is 0 Å². The zero-order valence-corrected chi connectivity index (χ0v) is 21.2. The summed E-state index contributed by atoms with van der Waals surface area (Å²) < 4.78 is 0. The van der Waals surface area contributed by atoms with Gasteiger partial charge in [-0.05, 0) is 12.1 Å². The van der Waals surface area contributed by atoms with Crippen LogP contribution in [0, 0.1) is 15.5 Å². The van der Waals surface area contributed by atoms with Gasteiger partial charge in [-0.1, -0.05) is 75.4 Å². The number of para-hydroxylation sites is 1. The fraction of sp³-hybridized carbons (Fsp3) is 0.214. The van der Waals surface area contributed by atoms with Gasteiger partial charge >= 0.3 is 6.03 Å². The highest BCUT2D eigenvalue weighted by Gasteiger charge is 2.36. The molecule has 0 unspecified atom stereocenters. The minimum absolute atomic E-state index is 0.163. The number of aliphatic imine (C=N–C) groups is 1. The van der Waals surface area contributed by atoms with Crippen molar-refractivity contribution in [2.75, 3.05) is 16.8 Å². The monoisotopic (exact) mass is 513 g/mol. The highest BCUT2D eigenvalue weighted by atomic mass is 16.6. The summed E-state index contributed by atoms with van der Waals surface area (Å²) in [5.74, 6) is -0.751. The molecular formula is C28H27N5O5. The quantitative estimate of drug-likeness (QED) is 0.369. The molecule has 3 aromatic rings. The van der Waals surface area contributed by atoms with Crippen molar-refractivity contribution in [2.24, 2.45) is 10.4 Å². The van der Waals surface area contributed by atoms with E-state index in [0.29, 0.717) is 17.0 Å². The van der Waals surface area contributed by atoms with Crippen molar-refractivity contribution >= 4 is 40.5 Å². The van der Waals surface area contributed by atoms with Crippen LogP contribution in [0.5, 0.6) is 0 Å². The van der Waals surface area contributed by atoms with E-state index in [1.165, 1.54) is 29.2 Å². The first-order valence-electron chi connectivity index (χ1n) is 11.9. The molecular weight excluding hydrogens is 486 g/mol. The third-order valence-corrected chi connectivity index (χ3v) is 5.98. The van der Waals surface area contributed by atoms with Crippen molar-refractivity contribution in [1.29, 1.82) is 0 Å². The van der Waals surface area contributed by atoms with Crippen molar-refractivity contribution in [3.05, 3.63) is 100 Å². The highest BCUT2D eigenvalue weighted by molar-refractivity contribution is 6.21. The topological polar surface area (TPSA) is 134 Å². The van der Waals surface area contributed by atoms with Crippen LogP contribution in [-0.4, -0.2) is 41.1 Å². The van der Waals surface area contributed by atoms with E-state index < -0.39 is 28.4 Å². The molecule has 4 rings (SSSR count). The third-order valence-electron chi connectivity index (χ3n) is 5.98. The summed E-state index contributed by atoms with van der Waals surface area (Å²) in [6.07, 6.45) is -1.37. The average molecular weight is 514 g/mol. The Morgan fingerprint density at radius 3 is 2.37 bits per heavy atom. The summed E-state index contributed by atoms with van der Waals surface area (Å²) in [7, 11) is 0. The molecule has 2 N–H and O–H groups in total. The van der Waals surface area contributed by atoms with Crippen LogP contribution >= 0.6 is 0 Å². The summed E-state index contributed by atoms with van der Waals surface area (Å²) in [5.41, 5.74) is 1.61. The zero-order valence-electron chi connectivity index (χ0n) is 21.2. The summed E-state index contributed by atoms with van der Waals surface area (Å²) in [6, 6.07) is 21.0. The first-order chi connectivity index (χ1) is 18.0. The summed E-state index contributed by atoms with van der Waals surface area (Å²) in [5, 5.41) is 16.2. The molecule has 0 fully saturated rings. The van der Waals surface area contributed by atoms with Gasteiger partial charge in [0.1, 0.15) is 0 Å². The number of rotatable bonds is 6. The van der Waals surface area contributed by atoms with Gasteiger partial charge in [0.2, 0.25) is 6.17 Å². The minimum Gasteiger partial charge on any atom is -0.308 e. The lowest BCUT2D eigenvalue weighted by Crippen LogP contribution is -2.50. The summed E-state index contributed by atoms with van der Waals surface area (Å²) in [6.45, 7) is 5.12. The third kappa shape index (κ3) is 5.75. The molecule has 0 aromatic heterocycles. The van der Waals surface area contributed by atoms with Crippen LogP contribution in [0.2, 0.25) is 0 Å². The molecule has 0 aliphatic carbocycles. The SMILES string of the molecule is CC(C)(C)C(=O)CN1C(=O)[C@H](NC(=O)Nc2cccc([N+](=O)[O-])c2)N=C(c2ccccc2)c2ccccc21. The zero-order chi connectivity index (χ0) is 27.4. The molecule has 0 radical (unpaired) electrons. The second kappa shape index (κ2) is 10.6. The molecule has 1 aliphatic heterocycles. The van der Waals surface area contributed by atoms with Crippen LogP contribution in [0.15, 0.2) is 83.9 Å². The second-order valence-corrected chi connectivity index (χ2v) is 9.77. The van der Waals surface area contributed by atoms with Gasteiger partial charge in [-0.15, -0.1) is 0 Å². The molecule has 0 saturated heterocycles. The number of Topliss-reactive ketones (excluding diaryl/α,β-unsaturated/α-hetero) is 1. The van der Waals surface area contributed by atoms with E-state index in [1.807, 2.05) is 42.5 Å². The van der Waals surface area contributed by atoms with Crippen LogP contribution in [0.1, 0.15) is 31.9 Å². The van der Waals surface area contributed by atoms with E-state index >= 15 is 0 Å². The van der Waals surface area contributed by atoms with Crippen molar-refractivity contribution in [1.82, 2.24) is 5.32 Å². The van der Waals surface area contributed by atoms with Gasteiger partial charge in [0.25, 0.3) is 11.6 Å². The number of hydrogen-bond acceptors (Lipinski definition) is 6. The van der Waals surface area contributed by atoms with Crippen LogP contribution in [0.4, 0.5) is 21.9 Å². The van der Waals surface area contributed by atoms with Crippen molar-refractivity contribution in [3.8, 4) is 0 Å². The first-order valence-corrected chi connectivity index (χ1v) is 11.9. The van der Waals surface area contributed by atoms with E-state index in [0.717, 1.165) is 5.56 Å². The number of anilines is 2. The van der Waals surface area contributed by atoms with Gasteiger partial charge in [0, 0.05) is 34.4 Å². The second-order valence-electron chi connectivity index (χ2n) is 9.77. The predicted molar refractivity (Wildman–Crippen MR) is 144 cm³/mol. The van der Waals surface area contributed by atoms with Crippen molar-refractivity contribution in [2.45, 2.75) is 26.9 Å². The fourth-order valence-electron chi connectivity index (χ4n) is 3.88. The molecule has 0 bridgehead atoms. The number of urea groups is 1. The number of non-ortho nitro benzene ring substituents is 1. The Hall–Kier alpha value is -4.86. The van der Waals surface area contributed by atoms with Gasteiger partial charge in [0.15, 0.2) is 5.78 Å². The van der Waals surface area contributed by atoms with Gasteiger partial charge in [-0.3, -0.25) is 19.7 Å². The maximum absolute atomic E-state index is 13.8. The number of nitrogens with zero attached hydrogens (tertiary/aromatic N) is 3. The molecule has 1 aliphatic rings. The Morgan fingerprint density at radius 1 is 1.00 bits per heavy atom. The molecule has 3 aromatic carbocycles. The standard InChI is InChI=1S/C28H27N5O5/c1-28(2,3)23(34)17-32-22-15-8-7-14-21(22)24(18-10-5-4-6-11-18)30-25(26(32)35)31-27(36)29-19-12-9-13-20(16-19)33(37)38/h4-16,25H,17H2,1-3H3,(H2,29,31,36)/t25-/m0/s1. The Labute approximate surface area is 219 Å². The lowest BCUT2D eigenvalue weighted by atomic mass is 9.90. The first kappa shape index (κ1) is 26.2. The van der Waals surface area contributed by atoms with Crippen molar-refractivity contribution in [3.63, 3.8) is 0 Å². The highest BCUT2D eigenvalue weighted by Crippen LogP contribution is 2.29. The molecule has 38 heavy (non-hydrogen) atoms. The van der Waals surface area contributed by atoms with Gasteiger partial charge < -0.3 is 15.5 Å². The smallest absolute Gasteiger partial charge is 0.308 e. The fourth-order valence-corrected chi connectivity index (χ4v) is 3.88. The summed E-state index contributed by atoms with van der Waals surface area (Å²) in [4.78, 5) is 56.3. The van der Waals surface area contributed by atoms with Gasteiger partial charge in [0.05, 0.1) is 22.9 Å². The van der Waals surface area contributed by atoms with Crippen LogP contribution in [0.25, 0.3) is 0 Å². The molecule has 1 heterocycles.